The molecule has 0 amide bonds. The average molecular weight is 308 g/mol. The van der Waals surface area contributed by atoms with Crippen LogP contribution in [0.5, 0.6) is 0 Å². The van der Waals surface area contributed by atoms with Crippen LogP contribution in [0.1, 0.15) is 31.1 Å². The van der Waals surface area contributed by atoms with E-state index < -0.39 is 10.0 Å². The lowest BCUT2D eigenvalue weighted by atomic mass is 10.1. The van der Waals surface area contributed by atoms with Crippen LogP contribution in [0.3, 0.4) is 0 Å². The molecule has 1 aromatic carbocycles. The number of hydrogen-bond acceptors (Lipinski definition) is 4. The lowest BCUT2D eigenvalue weighted by Crippen LogP contribution is -2.20. The van der Waals surface area contributed by atoms with Crippen LogP contribution in [-0.2, 0) is 23.1 Å². The second kappa shape index (κ2) is 6.38. The predicted octanol–water partition coefficient (Wildman–Crippen LogP) is 1.40. The van der Waals surface area contributed by atoms with E-state index >= 15 is 0 Å². The number of nitrogens with one attached hydrogen (secondary N) is 1. The van der Waals surface area contributed by atoms with E-state index in [9.17, 15) is 8.42 Å². The second-order valence-electron chi connectivity index (χ2n) is 4.89. The summed E-state index contributed by atoms with van der Waals surface area (Å²) in [6.07, 6.45) is 3.65. The number of sulfonamides is 1. The zero-order chi connectivity index (χ0) is 15.5. The van der Waals surface area contributed by atoms with Crippen LogP contribution in [0.25, 0.3) is 0 Å². The molecular formula is C14H20N4O2S. The monoisotopic (exact) mass is 308 g/mol. The molecule has 0 aliphatic carbocycles. The summed E-state index contributed by atoms with van der Waals surface area (Å²) < 4.78 is 24.5. The lowest BCUT2D eigenvalue weighted by molar-refractivity contribution is 0.549. The summed E-state index contributed by atoms with van der Waals surface area (Å²) in [5, 5.41) is 8.48. The standard InChI is InChI=1S/C14H20N4O2S/c1-3-18-10-16-8-13(18)9-17-11(2)12-4-6-14(7-5-12)21(15,19)20/h4-8,10-11,17H,3,9H2,1-2H3,(H2,15,19,20). The molecule has 0 saturated carbocycles. The van der Waals surface area contributed by atoms with E-state index in [4.69, 9.17) is 5.14 Å². The highest BCUT2D eigenvalue weighted by Crippen LogP contribution is 2.16. The number of aromatic nitrogens is 2. The van der Waals surface area contributed by atoms with Crippen LogP contribution in [0, 0.1) is 0 Å². The molecule has 114 valence electrons. The summed E-state index contributed by atoms with van der Waals surface area (Å²) in [7, 11) is -3.63. The fraction of sp³-hybridized carbons (Fsp3) is 0.357. The molecule has 1 aromatic heterocycles. The Kier molecular flexibility index (Phi) is 4.76. The number of rotatable bonds is 6. The Bertz CT molecular complexity index is 692. The zero-order valence-corrected chi connectivity index (χ0v) is 13.0. The van der Waals surface area contributed by atoms with Gasteiger partial charge in [0, 0.05) is 25.3 Å². The zero-order valence-electron chi connectivity index (χ0n) is 12.2. The maximum Gasteiger partial charge on any atom is 0.238 e. The Morgan fingerprint density at radius 2 is 2.00 bits per heavy atom. The van der Waals surface area contributed by atoms with Gasteiger partial charge in [-0.1, -0.05) is 12.1 Å². The predicted molar refractivity (Wildman–Crippen MR) is 81.0 cm³/mol. The highest BCUT2D eigenvalue weighted by atomic mass is 32.2. The number of primary sulfonamides is 1. The highest BCUT2D eigenvalue weighted by Gasteiger charge is 2.10. The Labute approximate surface area is 125 Å². The van der Waals surface area contributed by atoms with Crippen molar-refractivity contribution in [3.8, 4) is 0 Å². The first-order valence-electron chi connectivity index (χ1n) is 6.77. The van der Waals surface area contributed by atoms with Crippen LogP contribution < -0.4 is 10.5 Å². The van der Waals surface area contributed by atoms with Gasteiger partial charge in [0.15, 0.2) is 0 Å². The van der Waals surface area contributed by atoms with E-state index in [0.717, 1.165) is 17.8 Å². The van der Waals surface area contributed by atoms with E-state index in [1.807, 2.05) is 19.4 Å². The summed E-state index contributed by atoms with van der Waals surface area (Å²) >= 11 is 0. The molecule has 0 aliphatic heterocycles. The lowest BCUT2D eigenvalue weighted by Gasteiger charge is -2.15. The van der Waals surface area contributed by atoms with Crippen molar-refractivity contribution >= 4 is 10.0 Å². The topological polar surface area (TPSA) is 90.0 Å². The summed E-state index contributed by atoms with van der Waals surface area (Å²) in [5.74, 6) is 0. The van der Waals surface area contributed by atoms with Crippen LogP contribution in [0.15, 0.2) is 41.7 Å². The van der Waals surface area contributed by atoms with Gasteiger partial charge in [0.25, 0.3) is 0 Å². The van der Waals surface area contributed by atoms with Gasteiger partial charge in [0.1, 0.15) is 0 Å². The van der Waals surface area contributed by atoms with Gasteiger partial charge >= 0.3 is 0 Å². The highest BCUT2D eigenvalue weighted by molar-refractivity contribution is 7.89. The van der Waals surface area contributed by atoms with Crippen LogP contribution >= 0.6 is 0 Å². The first kappa shape index (κ1) is 15.7. The average Bonchev–Trinajstić information content (AvgIpc) is 2.91. The molecule has 0 radical (unpaired) electrons. The fourth-order valence-corrected chi connectivity index (χ4v) is 2.62. The van der Waals surface area contributed by atoms with Crippen molar-refractivity contribution in [1.29, 1.82) is 0 Å². The minimum absolute atomic E-state index is 0.0970. The fourth-order valence-electron chi connectivity index (χ4n) is 2.10. The minimum atomic E-state index is -3.63. The summed E-state index contributed by atoms with van der Waals surface area (Å²) in [4.78, 5) is 4.25. The third-order valence-corrected chi connectivity index (χ3v) is 4.37. The van der Waals surface area contributed by atoms with E-state index in [2.05, 4.69) is 21.8 Å². The summed E-state index contributed by atoms with van der Waals surface area (Å²) in [6.45, 7) is 5.68. The number of benzene rings is 1. The Morgan fingerprint density at radius 1 is 1.33 bits per heavy atom. The van der Waals surface area contributed by atoms with Crippen LogP contribution in [0.4, 0.5) is 0 Å². The molecule has 3 N–H and O–H groups in total. The molecule has 2 rings (SSSR count). The Morgan fingerprint density at radius 3 is 2.57 bits per heavy atom. The summed E-state index contributed by atoms with van der Waals surface area (Å²) in [5.41, 5.74) is 2.12. The van der Waals surface area contributed by atoms with E-state index in [1.54, 1.807) is 12.1 Å². The third-order valence-electron chi connectivity index (χ3n) is 3.44. The first-order chi connectivity index (χ1) is 9.91. The van der Waals surface area contributed by atoms with Crippen molar-refractivity contribution in [1.82, 2.24) is 14.9 Å². The number of nitrogens with zero attached hydrogens (tertiary/aromatic N) is 2. The number of hydrogen-bond donors (Lipinski definition) is 2. The minimum Gasteiger partial charge on any atom is -0.334 e. The molecule has 0 saturated heterocycles. The molecule has 7 heteroatoms. The Hall–Kier alpha value is -1.70. The number of nitrogens with two attached hydrogens (primary N) is 1. The van der Waals surface area contributed by atoms with Gasteiger partial charge < -0.3 is 9.88 Å². The molecule has 0 spiro atoms. The van der Waals surface area contributed by atoms with Gasteiger partial charge in [0.2, 0.25) is 10.0 Å². The van der Waals surface area contributed by atoms with E-state index in [-0.39, 0.29) is 10.9 Å². The van der Waals surface area contributed by atoms with Gasteiger partial charge in [-0.2, -0.15) is 0 Å². The molecule has 1 heterocycles. The third kappa shape index (κ3) is 3.90. The van der Waals surface area contributed by atoms with Crippen LogP contribution in [-0.4, -0.2) is 18.0 Å². The van der Waals surface area contributed by atoms with Crippen molar-refractivity contribution in [3.05, 3.63) is 48.0 Å². The number of imidazole rings is 1. The normalized spacial score (nSPS) is 13.3. The van der Waals surface area contributed by atoms with Crippen LogP contribution in [0.2, 0.25) is 0 Å². The maximum atomic E-state index is 11.2. The van der Waals surface area contributed by atoms with Gasteiger partial charge in [-0.15, -0.1) is 0 Å². The van der Waals surface area contributed by atoms with Crippen molar-refractivity contribution in [2.45, 2.75) is 37.9 Å². The van der Waals surface area contributed by atoms with Crippen molar-refractivity contribution in [2.24, 2.45) is 5.14 Å². The molecule has 0 fully saturated rings. The molecule has 1 unspecified atom stereocenters. The second-order valence-corrected chi connectivity index (χ2v) is 6.45. The molecule has 2 aromatic rings. The Balaban J connectivity index is 2.02. The molecule has 0 aliphatic rings. The van der Waals surface area contributed by atoms with Crippen molar-refractivity contribution in [3.63, 3.8) is 0 Å². The van der Waals surface area contributed by atoms with Gasteiger partial charge in [-0.25, -0.2) is 18.5 Å². The van der Waals surface area contributed by atoms with Gasteiger partial charge in [-0.05, 0) is 31.5 Å². The quantitative estimate of drug-likeness (QED) is 0.844. The van der Waals surface area contributed by atoms with Crippen molar-refractivity contribution < 1.29 is 8.42 Å². The smallest absolute Gasteiger partial charge is 0.238 e. The number of aryl methyl sites for hydroxylation is 1. The largest absolute Gasteiger partial charge is 0.334 e. The van der Waals surface area contributed by atoms with E-state index in [0.29, 0.717) is 6.54 Å². The molecule has 6 nitrogen and oxygen atoms in total. The van der Waals surface area contributed by atoms with Gasteiger partial charge in [0.05, 0.1) is 16.9 Å². The van der Waals surface area contributed by atoms with Crippen molar-refractivity contribution in [2.75, 3.05) is 0 Å². The van der Waals surface area contributed by atoms with Gasteiger partial charge in [-0.3, -0.25) is 0 Å². The SMILES string of the molecule is CCn1cncc1CNC(C)c1ccc(S(N)(=O)=O)cc1. The molecule has 1 atom stereocenters. The van der Waals surface area contributed by atoms with E-state index in [1.165, 1.54) is 12.1 Å². The summed E-state index contributed by atoms with van der Waals surface area (Å²) in [6, 6.07) is 6.70. The maximum absolute atomic E-state index is 11.2. The molecular weight excluding hydrogens is 288 g/mol. The molecule has 0 bridgehead atoms. The first-order valence-corrected chi connectivity index (χ1v) is 8.31. The molecule has 21 heavy (non-hydrogen) atoms.